The molecule has 0 aliphatic heterocycles. The van der Waals surface area contributed by atoms with Gasteiger partial charge in [0.05, 0.1) is 29.7 Å². The molecule has 1 aromatic heterocycles. The van der Waals surface area contributed by atoms with Gasteiger partial charge in [0.2, 0.25) is 0 Å². The largest absolute Gasteiger partial charge is 0.416 e. The van der Waals surface area contributed by atoms with E-state index in [1.807, 2.05) is 0 Å². The molecule has 1 N–H and O–H groups in total. The van der Waals surface area contributed by atoms with Crippen molar-refractivity contribution < 1.29 is 13.2 Å². The molecular formula is C24H18F3N5O2. The first-order chi connectivity index (χ1) is 16.2. The van der Waals surface area contributed by atoms with Crippen LogP contribution in [-0.2, 0) is 12.7 Å². The molecule has 0 bridgehead atoms. The first-order valence-electron chi connectivity index (χ1n) is 9.98. The molecule has 10 heteroatoms. The number of hydrogen-bond donors (Lipinski definition) is 1. The molecule has 0 fully saturated rings. The van der Waals surface area contributed by atoms with Crippen LogP contribution in [0.2, 0.25) is 0 Å². The van der Waals surface area contributed by atoms with Gasteiger partial charge in [-0.15, -0.1) is 0 Å². The van der Waals surface area contributed by atoms with E-state index in [2.05, 4.69) is 27.2 Å². The van der Waals surface area contributed by atoms with Crippen molar-refractivity contribution in [3.05, 3.63) is 97.6 Å². The van der Waals surface area contributed by atoms with Crippen molar-refractivity contribution in [2.24, 2.45) is 5.10 Å². The second kappa shape index (κ2) is 9.92. The van der Waals surface area contributed by atoms with E-state index >= 15 is 0 Å². The van der Waals surface area contributed by atoms with Crippen LogP contribution in [0, 0.1) is 25.3 Å². The highest BCUT2D eigenvalue weighted by Gasteiger charge is 2.31. The lowest BCUT2D eigenvalue weighted by Crippen LogP contribution is -2.41. The molecule has 0 atom stereocenters. The minimum Gasteiger partial charge on any atom is -0.278 e. The van der Waals surface area contributed by atoms with Gasteiger partial charge in [0, 0.05) is 12.2 Å². The van der Waals surface area contributed by atoms with Crippen LogP contribution in [-0.4, -0.2) is 15.3 Å². The summed E-state index contributed by atoms with van der Waals surface area (Å²) in [5, 5.41) is 3.92. The van der Waals surface area contributed by atoms with E-state index in [1.165, 1.54) is 25.3 Å². The lowest BCUT2D eigenvalue weighted by atomic mass is 10.1. The average molecular weight is 465 g/mol. The van der Waals surface area contributed by atoms with Gasteiger partial charge in [0.15, 0.2) is 5.69 Å². The molecule has 0 aliphatic carbocycles. The molecule has 172 valence electrons. The number of hydrogen-bond acceptors (Lipinski definition) is 4. The second-order valence-corrected chi connectivity index (χ2v) is 6.97. The Kier molecular flexibility index (Phi) is 7.03. The van der Waals surface area contributed by atoms with E-state index in [9.17, 15) is 22.8 Å². The molecular weight excluding hydrogens is 447 g/mol. The zero-order chi connectivity index (χ0) is 24.9. The smallest absolute Gasteiger partial charge is 0.278 e. The molecule has 0 saturated heterocycles. The highest BCUT2D eigenvalue weighted by Crippen LogP contribution is 2.30. The number of halogens is 3. The lowest BCUT2D eigenvalue weighted by Gasteiger charge is -2.16. The summed E-state index contributed by atoms with van der Waals surface area (Å²) in [6.45, 7) is 9.97. The predicted octanol–water partition coefficient (Wildman–Crippen LogP) is 4.35. The number of alkyl halides is 3. The highest BCUT2D eigenvalue weighted by molar-refractivity contribution is 5.80. The molecule has 3 aromatic rings. The molecule has 0 radical (unpaired) electrons. The van der Waals surface area contributed by atoms with E-state index in [-0.39, 0.29) is 23.5 Å². The van der Waals surface area contributed by atoms with Crippen LogP contribution in [0.4, 0.5) is 24.5 Å². The van der Waals surface area contributed by atoms with Gasteiger partial charge in [-0.05, 0) is 50.1 Å². The van der Waals surface area contributed by atoms with Crippen molar-refractivity contribution in [1.29, 1.82) is 0 Å². The van der Waals surface area contributed by atoms with E-state index in [1.54, 1.807) is 31.2 Å². The van der Waals surface area contributed by atoms with Crippen LogP contribution >= 0.6 is 0 Å². The Hall–Kier alpha value is -4.57. The molecule has 3 rings (SSSR count). The zero-order valence-electron chi connectivity index (χ0n) is 18.1. The fraction of sp³-hybridized carbons (Fsp3) is 0.167. The van der Waals surface area contributed by atoms with E-state index in [4.69, 9.17) is 6.57 Å². The van der Waals surface area contributed by atoms with E-state index in [0.717, 1.165) is 21.3 Å². The summed E-state index contributed by atoms with van der Waals surface area (Å²) in [6.07, 6.45) is -3.38. The van der Waals surface area contributed by atoms with Crippen molar-refractivity contribution in [3.63, 3.8) is 0 Å². The standard InChI is InChI=1S/C24H18F3N5O2/c1-4-31-22(33)21(9-6-14-29-30-19-12-10-18(28-3)11-13-19)16(2)32(23(31)34)20-8-5-7-17(15-20)24(25,26)27/h5,7-8,10-15,30H,4H2,1-2H3/b29-14+. The zero-order valence-corrected chi connectivity index (χ0v) is 18.1. The van der Waals surface area contributed by atoms with Gasteiger partial charge in [0.1, 0.15) is 5.56 Å². The number of nitrogens with one attached hydrogen (secondary N) is 1. The molecule has 7 nitrogen and oxygen atoms in total. The third kappa shape index (κ3) is 5.08. The molecule has 2 aromatic carbocycles. The number of hydrazone groups is 1. The second-order valence-electron chi connectivity index (χ2n) is 6.97. The first-order valence-corrected chi connectivity index (χ1v) is 9.98. The summed E-state index contributed by atoms with van der Waals surface area (Å²) in [7, 11) is 0. The van der Waals surface area contributed by atoms with Gasteiger partial charge in [-0.1, -0.05) is 24.1 Å². The summed E-state index contributed by atoms with van der Waals surface area (Å²) in [6, 6.07) is 10.9. The molecule has 1 heterocycles. The fourth-order valence-electron chi connectivity index (χ4n) is 3.15. The van der Waals surface area contributed by atoms with Crippen molar-refractivity contribution in [2.45, 2.75) is 26.6 Å². The SMILES string of the molecule is [C-]#[N+]c1ccc(N/N=C/C#Cc2c(C)n(-c3cccc(C(F)(F)F)c3)c(=O)n(CC)c2=O)cc1. The van der Waals surface area contributed by atoms with Gasteiger partial charge in [-0.25, -0.2) is 9.64 Å². The highest BCUT2D eigenvalue weighted by atomic mass is 19.4. The number of aromatic nitrogens is 2. The maximum Gasteiger partial charge on any atom is 0.416 e. The molecule has 0 amide bonds. The summed E-state index contributed by atoms with van der Waals surface area (Å²) < 4.78 is 41.5. The maximum atomic E-state index is 13.2. The quantitative estimate of drug-likeness (QED) is 0.270. The van der Waals surface area contributed by atoms with Crippen LogP contribution < -0.4 is 16.7 Å². The van der Waals surface area contributed by atoms with Crippen molar-refractivity contribution >= 4 is 17.6 Å². The summed E-state index contributed by atoms with van der Waals surface area (Å²) in [5.74, 6) is 5.25. The Balaban J connectivity index is 2.01. The minimum absolute atomic E-state index is 0.0157. The molecule has 0 spiro atoms. The monoisotopic (exact) mass is 465 g/mol. The van der Waals surface area contributed by atoms with Gasteiger partial charge >= 0.3 is 11.9 Å². The van der Waals surface area contributed by atoms with Crippen molar-refractivity contribution in [3.8, 4) is 17.5 Å². The Morgan fingerprint density at radius 2 is 1.88 bits per heavy atom. The predicted molar refractivity (Wildman–Crippen MR) is 123 cm³/mol. The molecule has 0 saturated carbocycles. The summed E-state index contributed by atoms with van der Waals surface area (Å²) in [4.78, 5) is 28.9. The first kappa shape index (κ1) is 24.1. The molecule has 0 unspecified atom stereocenters. The fourth-order valence-corrected chi connectivity index (χ4v) is 3.15. The van der Waals surface area contributed by atoms with Gasteiger partial charge in [-0.2, -0.15) is 18.3 Å². The van der Waals surface area contributed by atoms with Gasteiger partial charge in [0.25, 0.3) is 5.56 Å². The van der Waals surface area contributed by atoms with Gasteiger partial charge in [-0.3, -0.25) is 19.4 Å². The Morgan fingerprint density at radius 3 is 2.50 bits per heavy atom. The van der Waals surface area contributed by atoms with Crippen LogP contribution in [0.5, 0.6) is 0 Å². The van der Waals surface area contributed by atoms with E-state index in [0.29, 0.717) is 11.4 Å². The lowest BCUT2D eigenvalue weighted by molar-refractivity contribution is -0.137. The topological polar surface area (TPSA) is 72.8 Å². The van der Waals surface area contributed by atoms with Crippen LogP contribution in [0.25, 0.3) is 10.5 Å². The number of rotatable bonds is 4. The Morgan fingerprint density at radius 1 is 1.18 bits per heavy atom. The minimum atomic E-state index is -4.59. The third-order valence-electron chi connectivity index (χ3n) is 4.84. The Bertz CT molecular complexity index is 1460. The van der Waals surface area contributed by atoms with Crippen molar-refractivity contribution in [2.75, 3.05) is 5.43 Å². The van der Waals surface area contributed by atoms with Gasteiger partial charge < -0.3 is 0 Å². The summed E-state index contributed by atoms with van der Waals surface area (Å²) >= 11 is 0. The molecule has 34 heavy (non-hydrogen) atoms. The van der Waals surface area contributed by atoms with E-state index < -0.39 is 23.0 Å². The average Bonchev–Trinajstić information content (AvgIpc) is 2.81. The number of nitrogens with zero attached hydrogens (tertiary/aromatic N) is 4. The number of anilines is 1. The maximum absolute atomic E-state index is 13.2. The van der Waals surface area contributed by atoms with Crippen molar-refractivity contribution in [1.82, 2.24) is 9.13 Å². The van der Waals surface area contributed by atoms with Crippen LogP contribution in [0.3, 0.4) is 0 Å². The normalized spacial score (nSPS) is 11.1. The Labute approximate surface area is 192 Å². The van der Waals surface area contributed by atoms with Crippen LogP contribution in [0.15, 0.2) is 63.2 Å². The van der Waals surface area contributed by atoms with Crippen LogP contribution in [0.1, 0.15) is 23.7 Å². The third-order valence-corrected chi connectivity index (χ3v) is 4.84. The summed E-state index contributed by atoms with van der Waals surface area (Å²) in [5.41, 5.74) is 1.55. The number of benzene rings is 2. The molecule has 0 aliphatic rings.